The Hall–Kier alpha value is -2.23. The Morgan fingerprint density at radius 1 is 1.15 bits per heavy atom. The third kappa shape index (κ3) is 2.07. The molecule has 0 saturated carbocycles. The molecule has 0 radical (unpaired) electrons. The van der Waals surface area contributed by atoms with Crippen molar-refractivity contribution in [3.05, 3.63) is 53.3 Å². The predicted molar refractivity (Wildman–Crippen MR) is 76.0 cm³/mol. The first-order chi connectivity index (χ1) is 9.72. The molecular formula is C16H16FNO2. The van der Waals surface area contributed by atoms with Crippen LogP contribution in [0.4, 0.5) is 10.1 Å². The number of hydrogen-bond donors (Lipinski definition) is 1. The van der Waals surface area contributed by atoms with Crippen LogP contribution in [0.3, 0.4) is 0 Å². The molecule has 4 heteroatoms. The summed E-state index contributed by atoms with van der Waals surface area (Å²) in [6.45, 7) is 0. The van der Waals surface area contributed by atoms with E-state index < -0.39 is 0 Å². The van der Waals surface area contributed by atoms with Crippen molar-refractivity contribution in [3.63, 3.8) is 0 Å². The lowest BCUT2D eigenvalue weighted by Gasteiger charge is -2.17. The van der Waals surface area contributed by atoms with Crippen molar-refractivity contribution >= 4 is 5.69 Å². The molecule has 0 bridgehead atoms. The average molecular weight is 273 g/mol. The van der Waals surface area contributed by atoms with Crippen LogP contribution < -0.4 is 14.8 Å². The zero-order chi connectivity index (χ0) is 14.1. The van der Waals surface area contributed by atoms with Gasteiger partial charge >= 0.3 is 0 Å². The first-order valence-corrected chi connectivity index (χ1v) is 6.48. The number of nitrogens with one attached hydrogen (secondary N) is 1. The highest BCUT2D eigenvalue weighted by Crippen LogP contribution is 2.40. The number of hydrogen-bond acceptors (Lipinski definition) is 3. The average Bonchev–Trinajstić information content (AvgIpc) is 2.92. The summed E-state index contributed by atoms with van der Waals surface area (Å²) in [5.74, 6) is 1.32. The van der Waals surface area contributed by atoms with E-state index in [0.717, 1.165) is 29.0 Å². The summed E-state index contributed by atoms with van der Waals surface area (Å²) in [5.41, 5.74) is 2.55. The van der Waals surface area contributed by atoms with E-state index in [0.29, 0.717) is 5.69 Å². The lowest BCUT2D eigenvalue weighted by atomic mass is 10.0. The molecule has 3 rings (SSSR count). The summed E-state index contributed by atoms with van der Waals surface area (Å²) in [5, 5.41) is 3.23. The van der Waals surface area contributed by atoms with Gasteiger partial charge in [-0.1, -0.05) is 12.1 Å². The molecule has 3 nitrogen and oxygen atoms in total. The van der Waals surface area contributed by atoms with Gasteiger partial charge in [0.05, 0.1) is 25.9 Å². The molecule has 0 aromatic heterocycles. The van der Waals surface area contributed by atoms with E-state index in [4.69, 9.17) is 9.47 Å². The van der Waals surface area contributed by atoms with Gasteiger partial charge in [-0.2, -0.15) is 0 Å². The highest BCUT2D eigenvalue weighted by atomic mass is 19.1. The molecule has 1 atom stereocenters. The second-order valence-corrected chi connectivity index (χ2v) is 4.78. The standard InChI is InChI=1S/C16H16FNO2/c1-19-11-6-7-15(20-2)12(9-11)14-8-10-4-3-5-13(17)16(10)18-14/h3-7,9,14,18H,8H2,1-2H3. The van der Waals surface area contributed by atoms with Crippen LogP contribution in [0, 0.1) is 5.82 Å². The maximum absolute atomic E-state index is 13.8. The first kappa shape index (κ1) is 12.8. The maximum Gasteiger partial charge on any atom is 0.146 e. The maximum atomic E-state index is 13.8. The third-order valence-electron chi connectivity index (χ3n) is 3.65. The molecular weight excluding hydrogens is 257 g/mol. The molecule has 2 aromatic carbocycles. The molecule has 1 aliphatic rings. The van der Waals surface area contributed by atoms with Gasteiger partial charge < -0.3 is 14.8 Å². The molecule has 1 aliphatic heterocycles. The van der Waals surface area contributed by atoms with Crippen LogP contribution in [-0.4, -0.2) is 14.2 Å². The Bertz CT molecular complexity index is 642. The van der Waals surface area contributed by atoms with Crippen LogP contribution in [0.15, 0.2) is 36.4 Å². The van der Waals surface area contributed by atoms with Crippen molar-refractivity contribution in [3.8, 4) is 11.5 Å². The fraction of sp³-hybridized carbons (Fsp3) is 0.250. The Balaban J connectivity index is 1.98. The molecule has 0 saturated heterocycles. The molecule has 20 heavy (non-hydrogen) atoms. The number of fused-ring (bicyclic) bond motifs is 1. The fourth-order valence-electron chi connectivity index (χ4n) is 2.65. The van der Waals surface area contributed by atoms with Crippen molar-refractivity contribution in [1.29, 1.82) is 0 Å². The van der Waals surface area contributed by atoms with Gasteiger partial charge in [0, 0.05) is 5.56 Å². The minimum absolute atomic E-state index is 0.00745. The molecule has 2 aromatic rings. The van der Waals surface area contributed by atoms with Crippen LogP contribution in [0.5, 0.6) is 11.5 Å². The molecule has 1 unspecified atom stereocenters. The fourth-order valence-corrected chi connectivity index (χ4v) is 2.65. The van der Waals surface area contributed by atoms with Crippen LogP contribution >= 0.6 is 0 Å². The van der Waals surface area contributed by atoms with Crippen LogP contribution in [-0.2, 0) is 6.42 Å². The van der Waals surface area contributed by atoms with Gasteiger partial charge in [0.1, 0.15) is 17.3 Å². The number of methoxy groups -OCH3 is 2. The van der Waals surface area contributed by atoms with Crippen LogP contribution in [0.2, 0.25) is 0 Å². The topological polar surface area (TPSA) is 30.5 Å². The zero-order valence-corrected chi connectivity index (χ0v) is 11.4. The van der Waals surface area contributed by atoms with Crippen molar-refractivity contribution in [2.45, 2.75) is 12.5 Å². The van der Waals surface area contributed by atoms with E-state index in [2.05, 4.69) is 5.32 Å². The number of rotatable bonds is 3. The van der Waals surface area contributed by atoms with Crippen molar-refractivity contribution < 1.29 is 13.9 Å². The minimum atomic E-state index is -0.216. The first-order valence-electron chi connectivity index (χ1n) is 6.48. The number of para-hydroxylation sites is 1. The summed E-state index contributed by atoms with van der Waals surface area (Å²) in [6.07, 6.45) is 0.733. The van der Waals surface area contributed by atoms with Gasteiger partial charge in [0.2, 0.25) is 0 Å². The van der Waals surface area contributed by atoms with Crippen LogP contribution in [0.25, 0.3) is 0 Å². The van der Waals surface area contributed by atoms with Gasteiger partial charge in [-0.3, -0.25) is 0 Å². The lowest BCUT2D eigenvalue weighted by Crippen LogP contribution is -2.08. The highest BCUT2D eigenvalue weighted by molar-refractivity contribution is 5.60. The normalized spacial score (nSPS) is 16.4. The molecule has 1 N–H and O–H groups in total. The highest BCUT2D eigenvalue weighted by Gasteiger charge is 2.26. The second-order valence-electron chi connectivity index (χ2n) is 4.78. The van der Waals surface area contributed by atoms with E-state index in [9.17, 15) is 4.39 Å². The molecule has 0 spiro atoms. The van der Waals surface area contributed by atoms with Crippen molar-refractivity contribution in [2.75, 3.05) is 19.5 Å². The largest absolute Gasteiger partial charge is 0.497 e. The molecule has 104 valence electrons. The molecule has 1 heterocycles. The summed E-state index contributed by atoms with van der Waals surface area (Å²) < 4.78 is 24.4. The quantitative estimate of drug-likeness (QED) is 0.927. The summed E-state index contributed by atoms with van der Waals surface area (Å²) in [4.78, 5) is 0. The second kappa shape index (κ2) is 5.04. The Morgan fingerprint density at radius 3 is 2.70 bits per heavy atom. The number of benzene rings is 2. The van der Waals surface area contributed by atoms with Crippen LogP contribution in [0.1, 0.15) is 17.2 Å². The summed E-state index contributed by atoms with van der Waals surface area (Å²) in [6, 6.07) is 10.8. The van der Waals surface area contributed by atoms with E-state index in [-0.39, 0.29) is 11.9 Å². The summed E-state index contributed by atoms with van der Waals surface area (Å²) >= 11 is 0. The number of ether oxygens (including phenoxy) is 2. The molecule has 0 aliphatic carbocycles. The van der Waals surface area contributed by atoms with E-state index in [1.165, 1.54) is 6.07 Å². The van der Waals surface area contributed by atoms with Gasteiger partial charge in [-0.05, 0) is 36.2 Å². The minimum Gasteiger partial charge on any atom is -0.497 e. The van der Waals surface area contributed by atoms with Gasteiger partial charge in [-0.25, -0.2) is 4.39 Å². The third-order valence-corrected chi connectivity index (χ3v) is 3.65. The summed E-state index contributed by atoms with van der Waals surface area (Å²) in [7, 11) is 3.26. The van der Waals surface area contributed by atoms with E-state index >= 15 is 0 Å². The van der Waals surface area contributed by atoms with Crippen molar-refractivity contribution in [2.24, 2.45) is 0 Å². The number of halogens is 1. The SMILES string of the molecule is COc1ccc(OC)c(C2Cc3cccc(F)c3N2)c1. The Labute approximate surface area is 117 Å². The Morgan fingerprint density at radius 2 is 2.00 bits per heavy atom. The molecule has 0 fully saturated rings. The van der Waals surface area contributed by atoms with Gasteiger partial charge in [0.25, 0.3) is 0 Å². The van der Waals surface area contributed by atoms with Gasteiger partial charge in [-0.15, -0.1) is 0 Å². The lowest BCUT2D eigenvalue weighted by molar-refractivity contribution is 0.396. The van der Waals surface area contributed by atoms with Gasteiger partial charge in [0.15, 0.2) is 0 Å². The zero-order valence-electron chi connectivity index (χ0n) is 11.4. The van der Waals surface area contributed by atoms with E-state index in [1.807, 2.05) is 24.3 Å². The number of anilines is 1. The predicted octanol–water partition coefficient (Wildman–Crippen LogP) is 3.55. The van der Waals surface area contributed by atoms with Crippen molar-refractivity contribution in [1.82, 2.24) is 0 Å². The Kier molecular flexibility index (Phi) is 3.22. The van der Waals surface area contributed by atoms with E-state index in [1.54, 1.807) is 20.3 Å². The monoisotopic (exact) mass is 273 g/mol. The molecule has 0 amide bonds. The smallest absolute Gasteiger partial charge is 0.146 e.